The quantitative estimate of drug-likeness (QED) is 0.534. The highest BCUT2D eigenvalue weighted by molar-refractivity contribution is 6.31. The molecule has 0 spiro atoms. The molecule has 6 heteroatoms. The van der Waals surface area contributed by atoms with Gasteiger partial charge in [0.05, 0.1) is 17.6 Å². The third-order valence-corrected chi connectivity index (χ3v) is 4.13. The summed E-state index contributed by atoms with van der Waals surface area (Å²) in [7, 11) is 0. The van der Waals surface area contributed by atoms with Gasteiger partial charge < -0.3 is 4.57 Å². The molecule has 2 aromatic heterocycles. The molecule has 4 nitrogen and oxygen atoms in total. The topological polar surface area (TPSA) is 43.6 Å². The van der Waals surface area contributed by atoms with E-state index in [1.807, 2.05) is 36.4 Å². The van der Waals surface area contributed by atoms with E-state index in [4.69, 9.17) is 16.6 Å². The van der Waals surface area contributed by atoms with Crippen LogP contribution in [0.2, 0.25) is 5.02 Å². The van der Waals surface area contributed by atoms with Crippen molar-refractivity contribution in [2.75, 3.05) is 0 Å². The Labute approximate surface area is 150 Å². The highest BCUT2D eigenvalue weighted by Crippen LogP contribution is 2.21. The van der Waals surface area contributed by atoms with Crippen LogP contribution in [-0.4, -0.2) is 19.5 Å². The van der Waals surface area contributed by atoms with E-state index in [0.29, 0.717) is 10.7 Å². The number of benzene rings is 2. The molecule has 0 aliphatic heterocycles. The molecule has 4 rings (SSSR count). The van der Waals surface area contributed by atoms with Gasteiger partial charge in [0.1, 0.15) is 5.82 Å². The number of halogens is 2. The number of aryl methyl sites for hydroxylation is 1. The van der Waals surface area contributed by atoms with E-state index >= 15 is 0 Å². The SMILES string of the molecule is CCc1nc2nc3cc(Cl)ccc3nc2n1Cc1ccccc1.Cl. The Morgan fingerprint density at radius 2 is 1.75 bits per heavy atom. The molecule has 0 saturated carbocycles. The average molecular weight is 359 g/mol. The molecular formula is C18H16Cl2N4. The van der Waals surface area contributed by atoms with Crippen molar-refractivity contribution in [3.63, 3.8) is 0 Å². The Morgan fingerprint density at radius 3 is 2.50 bits per heavy atom. The lowest BCUT2D eigenvalue weighted by atomic mass is 10.2. The van der Waals surface area contributed by atoms with Crippen LogP contribution in [0.4, 0.5) is 0 Å². The van der Waals surface area contributed by atoms with Gasteiger partial charge in [0.15, 0.2) is 11.3 Å². The van der Waals surface area contributed by atoms with Crippen molar-refractivity contribution in [1.82, 2.24) is 19.5 Å². The van der Waals surface area contributed by atoms with Crippen molar-refractivity contribution >= 4 is 46.3 Å². The first kappa shape index (κ1) is 16.7. The zero-order valence-electron chi connectivity index (χ0n) is 13.1. The molecule has 4 aromatic rings. The molecule has 24 heavy (non-hydrogen) atoms. The molecule has 122 valence electrons. The fourth-order valence-electron chi connectivity index (χ4n) is 2.77. The molecule has 0 radical (unpaired) electrons. The molecule has 0 aliphatic carbocycles. The normalized spacial score (nSPS) is 10.9. The van der Waals surface area contributed by atoms with Gasteiger partial charge in [-0.2, -0.15) is 0 Å². The maximum Gasteiger partial charge on any atom is 0.198 e. The van der Waals surface area contributed by atoms with Crippen LogP contribution in [0.3, 0.4) is 0 Å². The van der Waals surface area contributed by atoms with Crippen LogP contribution in [-0.2, 0) is 13.0 Å². The van der Waals surface area contributed by atoms with Crippen LogP contribution in [0.5, 0.6) is 0 Å². The summed E-state index contributed by atoms with van der Waals surface area (Å²) < 4.78 is 2.14. The molecule has 0 atom stereocenters. The fourth-order valence-corrected chi connectivity index (χ4v) is 2.94. The Morgan fingerprint density at radius 1 is 0.958 bits per heavy atom. The third kappa shape index (κ3) is 2.95. The van der Waals surface area contributed by atoms with Gasteiger partial charge in [0.25, 0.3) is 0 Å². The Bertz CT molecular complexity index is 996. The zero-order chi connectivity index (χ0) is 15.8. The molecule has 0 saturated heterocycles. The first-order valence-electron chi connectivity index (χ1n) is 7.61. The fraction of sp³-hybridized carbons (Fsp3) is 0.167. The molecular weight excluding hydrogens is 343 g/mol. The highest BCUT2D eigenvalue weighted by Gasteiger charge is 2.13. The number of nitrogens with zero attached hydrogens (tertiary/aromatic N) is 4. The second-order valence-corrected chi connectivity index (χ2v) is 5.89. The minimum Gasteiger partial charge on any atom is -0.307 e. The summed E-state index contributed by atoms with van der Waals surface area (Å²) in [6.45, 7) is 2.84. The number of aromatic nitrogens is 4. The first-order valence-corrected chi connectivity index (χ1v) is 7.98. The molecule has 0 bridgehead atoms. The van der Waals surface area contributed by atoms with Crippen LogP contribution >= 0.6 is 24.0 Å². The molecule has 2 aromatic carbocycles. The van der Waals surface area contributed by atoms with Crippen LogP contribution in [0.1, 0.15) is 18.3 Å². The maximum atomic E-state index is 6.05. The monoisotopic (exact) mass is 358 g/mol. The van der Waals surface area contributed by atoms with E-state index in [1.54, 1.807) is 0 Å². The summed E-state index contributed by atoms with van der Waals surface area (Å²) in [6, 6.07) is 15.9. The van der Waals surface area contributed by atoms with Crippen LogP contribution in [0.15, 0.2) is 48.5 Å². The Balaban J connectivity index is 0.00000169. The van der Waals surface area contributed by atoms with Crippen molar-refractivity contribution in [1.29, 1.82) is 0 Å². The van der Waals surface area contributed by atoms with Gasteiger partial charge in [-0.1, -0.05) is 48.9 Å². The van der Waals surface area contributed by atoms with Crippen molar-refractivity contribution < 1.29 is 0 Å². The largest absolute Gasteiger partial charge is 0.307 e. The average Bonchev–Trinajstić information content (AvgIpc) is 2.90. The van der Waals surface area contributed by atoms with Crippen LogP contribution in [0.25, 0.3) is 22.3 Å². The summed E-state index contributed by atoms with van der Waals surface area (Å²) >= 11 is 6.05. The molecule has 0 fully saturated rings. The Hall–Kier alpha value is -2.17. The van der Waals surface area contributed by atoms with E-state index < -0.39 is 0 Å². The van der Waals surface area contributed by atoms with Gasteiger partial charge in [0, 0.05) is 11.4 Å². The molecule has 0 aliphatic rings. The van der Waals surface area contributed by atoms with E-state index in [2.05, 4.69) is 33.6 Å². The van der Waals surface area contributed by atoms with Gasteiger partial charge in [-0.15, -0.1) is 12.4 Å². The van der Waals surface area contributed by atoms with E-state index in [0.717, 1.165) is 35.5 Å². The number of hydrogen-bond donors (Lipinski definition) is 0. The molecule has 2 heterocycles. The van der Waals surface area contributed by atoms with Crippen molar-refractivity contribution in [2.45, 2.75) is 19.9 Å². The smallest absolute Gasteiger partial charge is 0.198 e. The standard InChI is InChI=1S/C18H15ClN4.ClH/c1-2-16-22-17-18(23(16)11-12-6-4-3-5-7-12)21-14-9-8-13(19)10-15(14)20-17;/h3-10H,2,11H2,1H3;1H. The second kappa shape index (κ2) is 6.75. The molecule has 0 unspecified atom stereocenters. The van der Waals surface area contributed by atoms with E-state index in [1.165, 1.54) is 5.56 Å². The summed E-state index contributed by atoms with van der Waals surface area (Å²) in [4.78, 5) is 14.0. The van der Waals surface area contributed by atoms with Crippen LogP contribution in [0, 0.1) is 0 Å². The lowest BCUT2D eigenvalue weighted by Crippen LogP contribution is -2.05. The minimum atomic E-state index is 0. The zero-order valence-corrected chi connectivity index (χ0v) is 14.7. The first-order chi connectivity index (χ1) is 11.2. The number of hydrogen-bond acceptors (Lipinski definition) is 3. The van der Waals surface area contributed by atoms with Gasteiger partial charge in [-0.25, -0.2) is 15.0 Å². The Kier molecular flexibility index (Phi) is 4.69. The van der Waals surface area contributed by atoms with E-state index in [9.17, 15) is 0 Å². The summed E-state index contributed by atoms with van der Waals surface area (Å²) in [5, 5.41) is 0.658. The number of fused-ring (bicyclic) bond motifs is 2. The van der Waals surface area contributed by atoms with Crippen LogP contribution < -0.4 is 0 Å². The highest BCUT2D eigenvalue weighted by atomic mass is 35.5. The molecule has 0 amide bonds. The van der Waals surface area contributed by atoms with Gasteiger partial charge in [-0.05, 0) is 23.8 Å². The predicted octanol–water partition coefficient (Wildman–Crippen LogP) is 4.67. The summed E-state index contributed by atoms with van der Waals surface area (Å²) in [5.41, 5.74) is 4.32. The van der Waals surface area contributed by atoms with Crippen molar-refractivity contribution in [2.24, 2.45) is 0 Å². The van der Waals surface area contributed by atoms with Crippen molar-refractivity contribution in [3.05, 3.63) is 64.9 Å². The number of imidazole rings is 1. The maximum absolute atomic E-state index is 6.05. The molecule has 0 N–H and O–H groups in total. The summed E-state index contributed by atoms with van der Waals surface area (Å²) in [5.74, 6) is 0.991. The lowest BCUT2D eigenvalue weighted by molar-refractivity contribution is 0.747. The predicted molar refractivity (Wildman–Crippen MR) is 100 cm³/mol. The number of rotatable bonds is 3. The van der Waals surface area contributed by atoms with E-state index in [-0.39, 0.29) is 12.4 Å². The van der Waals surface area contributed by atoms with Gasteiger partial charge in [0.2, 0.25) is 0 Å². The minimum absolute atomic E-state index is 0. The van der Waals surface area contributed by atoms with Crippen molar-refractivity contribution in [3.8, 4) is 0 Å². The third-order valence-electron chi connectivity index (χ3n) is 3.89. The summed E-state index contributed by atoms with van der Waals surface area (Å²) in [6.07, 6.45) is 0.835. The van der Waals surface area contributed by atoms with Gasteiger partial charge >= 0.3 is 0 Å². The second-order valence-electron chi connectivity index (χ2n) is 5.46. The van der Waals surface area contributed by atoms with Gasteiger partial charge in [-0.3, -0.25) is 0 Å². The lowest BCUT2D eigenvalue weighted by Gasteiger charge is -2.07.